The first-order chi connectivity index (χ1) is 17.1. The van der Waals surface area contributed by atoms with Crippen molar-refractivity contribution in [3.63, 3.8) is 0 Å². The Kier molecular flexibility index (Phi) is 11.1. The van der Waals surface area contributed by atoms with E-state index in [0.29, 0.717) is 19.4 Å². The van der Waals surface area contributed by atoms with Crippen LogP contribution in [0.2, 0.25) is 0 Å². The number of nitrogens with one attached hydrogen (secondary N) is 2. The van der Waals surface area contributed by atoms with Crippen molar-refractivity contribution < 1.29 is 14.3 Å². The van der Waals surface area contributed by atoms with Crippen molar-refractivity contribution in [2.45, 2.75) is 77.5 Å². The van der Waals surface area contributed by atoms with Crippen molar-refractivity contribution in [3.8, 4) is 5.75 Å². The summed E-state index contributed by atoms with van der Waals surface area (Å²) in [6.07, 6.45) is 5.85. The second-order valence-corrected chi connectivity index (χ2v) is 9.49. The van der Waals surface area contributed by atoms with Crippen LogP contribution in [0, 0.1) is 0 Å². The van der Waals surface area contributed by atoms with Crippen molar-refractivity contribution >= 4 is 11.8 Å². The molecule has 1 saturated heterocycles. The molecule has 1 aliphatic heterocycles. The van der Waals surface area contributed by atoms with Crippen LogP contribution in [0.5, 0.6) is 5.75 Å². The second kappa shape index (κ2) is 14.5. The third kappa shape index (κ3) is 9.36. The lowest BCUT2D eigenvalue weighted by atomic mass is 10.0. The molecule has 190 valence electrons. The minimum absolute atomic E-state index is 0.0638. The molecule has 2 aromatic carbocycles. The lowest BCUT2D eigenvalue weighted by molar-refractivity contribution is -0.129. The summed E-state index contributed by atoms with van der Waals surface area (Å²) in [5.41, 5.74) is 2.10. The Balaban J connectivity index is 1.60. The summed E-state index contributed by atoms with van der Waals surface area (Å²) in [4.78, 5) is 28.2. The molecule has 0 bridgehead atoms. The first kappa shape index (κ1) is 26.7. The third-order valence-corrected chi connectivity index (χ3v) is 6.41. The van der Waals surface area contributed by atoms with E-state index in [2.05, 4.69) is 29.4 Å². The average Bonchev–Trinajstić information content (AvgIpc) is 2.87. The molecule has 35 heavy (non-hydrogen) atoms. The molecule has 3 rings (SSSR count). The molecule has 0 saturated carbocycles. The monoisotopic (exact) mass is 479 g/mol. The van der Waals surface area contributed by atoms with Crippen LogP contribution in [-0.4, -0.2) is 48.4 Å². The Morgan fingerprint density at radius 3 is 2.51 bits per heavy atom. The summed E-state index contributed by atoms with van der Waals surface area (Å²) in [7, 11) is 0. The number of ether oxygens (including phenoxy) is 1. The number of rotatable bonds is 13. The van der Waals surface area contributed by atoms with E-state index in [-0.39, 0.29) is 17.9 Å². The maximum absolute atomic E-state index is 13.2. The molecule has 2 amide bonds. The summed E-state index contributed by atoms with van der Waals surface area (Å²) >= 11 is 0. The molecule has 2 unspecified atom stereocenters. The molecule has 1 aliphatic rings. The summed E-state index contributed by atoms with van der Waals surface area (Å²) in [5.74, 6) is 0.623. The fourth-order valence-electron chi connectivity index (χ4n) is 4.51. The number of hydrogen-bond donors (Lipinski definition) is 2. The Labute approximate surface area is 210 Å². The lowest BCUT2D eigenvalue weighted by Gasteiger charge is -2.33. The van der Waals surface area contributed by atoms with Gasteiger partial charge in [-0.1, -0.05) is 62.7 Å². The standard InChI is InChI=1S/C29H41N3O3/c1-3-5-13-28(33)31-27(29(34)30-25-12-9-19-32(21-25)18-4-2)20-23-14-16-26(17-15-23)35-22-24-10-7-6-8-11-24/h6-8,10-11,14-17,25,27H,3-5,9,12-13,18-22H2,1-2H3,(H,30,34)(H,31,33). The Bertz CT molecular complexity index is 899. The fraction of sp³-hybridized carbons (Fsp3) is 0.517. The largest absolute Gasteiger partial charge is 0.489 e. The highest BCUT2D eigenvalue weighted by Crippen LogP contribution is 2.16. The van der Waals surface area contributed by atoms with Gasteiger partial charge in [0.2, 0.25) is 11.8 Å². The zero-order valence-electron chi connectivity index (χ0n) is 21.3. The summed E-state index contributed by atoms with van der Waals surface area (Å²) < 4.78 is 5.89. The van der Waals surface area contributed by atoms with Gasteiger partial charge in [0, 0.05) is 25.4 Å². The Morgan fingerprint density at radius 2 is 1.80 bits per heavy atom. The molecule has 0 spiro atoms. The van der Waals surface area contributed by atoms with Gasteiger partial charge in [-0.05, 0) is 62.0 Å². The Hall–Kier alpha value is -2.86. The maximum atomic E-state index is 13.2. The number of amides is 2. The van der Waals surface area contributed by atoms with Crippen molar-refractivity contribution in [2.24, 2.45) is 0 Å². The molecular weight excluding hydrogens is 438 g/mol. The van der Waals surface area contributed by atoms with Crippen molar-refractivity contribution in [1.82, 2.24) is 15.5 Å². The van der Waals surface area contributed by atoms with Gasteiger partial charge in [0.1, 0.15) is 18.4 Å². The number of carbonyl (C=O) groups is 2. The normalized spacial score (nSPS) is 16.9. The highest BCUT2D eigenvalue weighted by Gasteiger charge is 2.26. The molecule has 1 heterocycles. The minimum Gasteiger partial charge on any atom is -0.489 e. The number of unbranched alkanes of at least 4 members (excludes halogenated alkanes) is 1. The van der Waals surface area contributed by atoms with Crippen molar-refractivity contribution in [3.05, 3.63) is 65.7 Å². The zero-order chi connectivity index (χ0) is 24.9. The van der Waals surface area contributed by atoms with Gasteiger partial charge in [-0.15, -0.1) is 0 Å². The molecular formula is C29H41N3O3. The fourth-order valence-corrected chi connectivity index (χ4v) is 4.51. The van der Waals surface area contributed by atoms with Gasteiger partial charge in [-0.25, -0.2) is 0 Å². The zero-order valence-corrected chi connectivity index (χ0v) is 21.3. The molecule has 0 aliphatic carbocycles. The first-order valence-corrected chi connectivity index (χ1v) is 13.1. The molecule has 2 atom stereocenters. The van der Waals surface area contributed by atoms with E-state index in [4.69, 9.17) is 4.74 Å². The van der Waals surface area contributed by atoms with Gasteiger partial charge in [0.25, 0.3) is 0 Å². The van der Waals surface area contributed by atoms with Crippen LogP contribution >= 0.6 is 0 Å². The number of hydrogen-bond acceptors (Lipinski definition) is 4. The number of benzene rings is 2. The number of carbonyl (C=O) groups excluding carboxylic acids is 2. The van der Waals surface area contributed by atoms with E-state index in [0.717, 1.165) is 68.6 Å². The predicted molar refractivity (Wildman–Crippen MR) is 140 cm³/mol. The summed E-state index contributed by atoms with van der Waals surface area (Å²) in [5, 5.41) is 6.21. The molecule has 2 aromatic rings. The predicted octanol–water partition coefficient (Wildman–Crippen LogP) is 4.47. The third-order valence-electron chi connectivity index (χ3n) is 6.41. The van der Waals surface area contributed by atoms with Gasteiger partial charge < -0.3 is 20.3 Å². The molecule has 6 nitrogen and oxygen atoms in total. The van der Waals surface area contributed by atoms with Crippen LogP contribution in [0.3, 0.4) is 0 Å². The maximum Gasteiger partial charge on any atom is 0.243 e. The molecule has 2 N–H and O–H groups in total. The van der Waals surface area contributed by atoms with Gasteiger partial charge in [0.05, 0.1) is 0 Å². The number of likely N-dealkylation sites (tertiary alicyclic amines) is 1. The minimum atomic E-state index is -0.586. The molecule has 1 fully saturated rings. The average molecular weight is 480 g/mol. The molecule has 6 heteroatoms. The van der Waals surface area contributed by atoms with Crippen LogP contribution in [0.1, 0.15) is 63.5 Å². The van der Waals surface area contributed by atoms with E-state index in [9.17, 15) is 9.59 Å². The molecule has 0 radical (unpaired) electrons. The number of nitrogens with zero attached hydrogens (tertiary/aromatic N) is 1. The van der Waals surface area contributed by atoms with E-state index in [1.54, 1.807) is 0 Å². The van der Waals surface area contributed by atoms with Gasteiger partial charge >= 0.3 is 0 Å². The highest BCUT2D eigenvalue weighted by molar-refractivity contribution is 5.88. The van der Waals surface area contributed by atoms with Gasteiger partial charge in [0.15, 0.2) is 0 Å². The number of piperidine rings is 1. The van der Waals surface area contributed by atoms with E-state index in [1.165, 1.54) is 0 Å². The second-order valence-electron chi connectivity index (χ2n) is 9.49. The van der Waals surface area contributed by atoms with Crippen LogP contribution in [0.15, 0.2) is 54.6 Å². The Morgan fingerprint density at radius 1 is 1.03 bits per heavy atom. The van der Waals surface area contributed by atoms with Crippen LogP contribution in [0.25, 0.3) is 0 Å². The summed E-state index contributed by atoms with van der Waals surface area (Å²) in [6.45, 7) is 7.78. The van der Waals surface area contributed by atoms with Crippen LogP contribution in [-0.2, 0) is 22.6 Å². The van der Waals surface area contributed by atoms with Gasteiger partial charge in [-0.2, -0.15) is 0 Å². The van der Waals surface area contributed by atoms with Gasteiger partial charge in [-0.3, -0.25) is 9.59 Å². The molecule has 0 aromatic heterocycles. The SMILES string of the molecule is CCCCC(=O)NC(Cc1ccc(OCc2ccccc2)cc1)C(=O)NC1CCCN(CCC)C1. The van der Waals surface area contributed by atoms with Crippen LogP contribution < -0.4 is 15.4 Å². The topological polar surface area (TPSA) is 70.7 Å². The van der Waals surface area contributed by atoms with E-state index >= 15 is 0 Å². The lowest BCUT2D eigenvalue weighted by Crippen LogP contribution is -2.54. The quantitative estimate of drug-likeness (QED) is 0.445. The van der Waals surface area contributed by atoms with Crippen molar-refractivity contribution in [1.29, 1.82) is 0 Å². The first-order valence-electron chi connectivity index (χ1n) is 13.1. The van der Waals surface area contributed by atoms with Crippen molar-refractivity contribution in [2.75, 3.05) is 19.6 Å². The van der Waals surface area contributed by atoms with E-state index < -0.39 is 6.04 Å². The summed E-state index contributed by atoms with van der Waals surface area (Å²) in [6, 6.07) is 17.4. The van der Waals surface area contributed by atoms with Crippen LogP contribution in [0.4, 0.5) is 0 Å². The van der Waals surface area contributed by atoms with E-state index in [1.807, 2.05) is 54.6 Å². The highest BCUT2D eigenvalue weighted by atomic mass is 16.5. The smallest absolute Gasteiger partial charge is 0.243 e.